The van der Waals surface area contributed by atoms with E-state index in [1.54, 1.807) is 31.4 Å². The number of carbonyl (C=O) groups is 2. The fourth-order valence-electron chi connectivity index (χ4n) is 1.57. The fraction of sp³-hybridized carbons (Fsp3) is 0.429. The van der Waals surface area contributed by atoms with Crippen LogP contribution in [0.3, 0.4) is 0 Å². The zero-order valence-corrected chi connectivity index (χ0v) is 11.9. The Kier molecular flexibility index (Phi) is 6.48. The molecule has 2 atom stereocenters. The van der Waals surface area contributed by atoms with Crippen LogP contribution in [0.1, 0.15) is 13.3 Å². The number of nitrogens with one attached hydrogen (secondary N) is 1. The minimum absolute atomic E-state index is 0.0114. The summed E-state index contributed by atoms with van der Waals surface area (Å²) in [5.74, 6) is -0.513. The maximum Gasteiger partial charge on any atom is 0.328 e. The first-order chi connectivity index (χ1) is 9.93. The highest BCUT2D eigenvalue weighted by Crippen LogP contribution is 2.16. The quantitative estimate of drug-likeness (QED) is 0.642. The van der Waals surface area contributed by atoms with Gasteiger partial charge in [0.25, 0.3) is 0 Å². The summed E-state index contributed by atoms with van der Waals surface area (Å²) in [6, 6.07) is 5.53. The number of carbonyl (C=O) groups excluding carboxylic acids is 1. The van der Waals surface area contributed by atoms with Crippen LogP contribution in [-0.2, 0) is 9.59 Å². The summed E-state index contributed by atoms with van der Waals surface area (Å²) in [5.41, 5.74) is 0. The number of benzene rings is 1. The molecular weight excluding hydrogens is 278 g/mol. The van der Waals surface area contributed by atoms with Crippen molar-refractivity contribution in [3.05, 3.63) is 24.3 Å². The number of carboxylic acids is 1. The lowest BCUT2D eigenvalue weighted by Gasteiger charge is -2.17. The molecule has 0 spiro atoms. The summed E-state index contributed by atoms with van der Waals surface area (Å²) in [7, 11) is 1.56. The predicted octanol–water partition coefficient (Wildman–Crippen LogP) is 0.414. The molecule has 7 nitrogen and oxygen atoms in total. The summed E-state index contributed by atoms with van der Waals surface area (Å²) >= 11 is 0. The maximum atomic E-state index is 11.6. The molecule has 0 aliphatic heterocycles. The van der Waals surface area contributed by atoms with Gasteiger partial charge in [0.1, 0.15) is 11.5 Å². The maximum absolute atomic E-state index is 11.6. The van der Waals surface area contributed by atoms with Crippen molar-refractivity contribution in [2.24, 2.45) is 0 Å². The molecule has 0 unspecified atom stereocenters. The molecular formula is C14H19NO6. The second-order valence-electron chi connectivity index (χ2n) is 4.40. The van der Waals surface area contributed by atoms with E-state index in [0.717, 1.165) is 0 Å². The van der Waals surface area contributed by atoms with Crippen molar-refractivity contribution >= 4 is 11.9 Å². The Bertz CT molecular complexity index is 471. The molecule has 0 aliphatic carbocycles. The third-order valence-corrected chi connectivity index (χ3v) is 2.72. The van der Waals surface area contributed by atoms with E-state index in [0.29, 0.717) is 11.5 Å². The minimum Gasteiger partial charge on any atom is -0.497 e. The number of aliphatic hydroxyl groups excluding tert-OH is 1. The molecule has 0 saturated carbocycles. The van der Waals surface area contributed by atoms with Crippen molar-refractivity contribution in [3.8, 4) is 11.5 Å². The number of methoxy groups -OCH3 is 1. The molecule has 3 N–H and O–H groups in total. The Morgan fingerprint density at radius 1 is 1.24 bits per heavy atom. The molecule has 0 aliphatic rings. The Labute approximate surface area is 122 Å². The van der Waals surface area contributed by atoms with E-state index < -0.39 is 24.0 Å². The van der Waals surface area contributed by atoms with E-state index in [9.17, 15) is 14.7 Å². The molecule has 21 heavy (non-hydrogen) atoms. The highest BCUT2D eigenvalue weighted by Gasteiger charge is 2.24. The largest absolute Gasteiger partial charge is 0.497 e. The number of rotatable bonds is 8. The van der Waals surface area contributed by atoms with Gasteiger partial charge in [-0.2, -0.15) is 0 Å². The third kappa shape index (κ3) is 5.70. The zero-order valence-electron chi connectivity index (χ0n) is 11.9. The van der Waals surface area contributed by atoms with Crippen LogP contribution in [0.5, 0.6) is 11.5 Å². The molecule has 1 rings (SSSR count). The Morgan fingerprint density at radius 3 is 2.29 bits per heavy atom. The van der Waals surface area contributed by atoms with Crippen LogP contribution in [0.4, 0.5) is 0 Å². The number of aliphatic carboxylic acids is 1. The second kappa shape index (κ2) is 8.11. The molecule has 0 bridgehead atoms. The van der Waals surface area contributed by atoms with E-state index in [4.69, 9.17) is 14.6 Å². The van der Waals surface area contributed by atoms with Crippen molar-refractivity contribution < 1.29 is 29.3 Å². The van der Waals surface area contributed by atoms with Crippen LogP contribution >= 0.6 is 0 Å². The number of aliphatic hydroxyl groups is 1. The van der Waals surface area contributed by atoms with Gasteiger partial charge in [0, 0.05) is 0 Å². The molecule has 0 radical (unpaired) electrons. The van der Waals surface area contributed by atoms with Gasteiger partial charge >= 0.3 is 5.97 Å². The molecule has 1 aromatic carbocycles. The van der Waals surface area contributed by atoms with Gasteiger partial charge in [0.15, 0.2) is 6.04 Å². The van der Waals surface area contributed by atoms with Crippen LogP contribution < -0.4 is 14.8 Å². The summed E-state index contributed by atoms with van der Waals surface area (Å²) in [6.45, 7) is 1.40. The minimum atomic E-state index is -1.32. The van der Waals surface area contributed by atoms with Crippen molar-refractivity contribution in [2.45, 2.75) is 25.5 Å². The molecule has 1 amide bonds. The standard InChI is InChI=1S/C14H19NO6/c1-9(16)13(14(18)19)15-12(17)7-8-21-11-5-3-10(20-2)4-6-11/h3-6,9,13,16H,7-8H2,1-2H3,(H,15,17)(H,18,19)/t9-,13+/m1/s1. The lowest BCUT2D eigenvalue weighted by atomic mass is 10.2. The van der Waals surface area contributed by atoms with Gasteiger partial charge in [0.2, 0.25) is 5.91 Å². The van der Waals surface area contributed by atoms with Crippen molar-refractivity contribution in [2.75, 3.05) is 13.7 Å². The van der Waals surface area contributed by atoms with Gasteiger partial charge in [-0.1, -0.05) is 0 Å². The smallest absolute Gasteiger partial charge is 0.328 e. The van der Waals surface area contributed by atoms with Crippen LogP contribution in [0, 0.1) is 0 Å². The van der Waals surface area contributed by atoms with Crippen LogP contribution in [0.15, 0.2) is 24.3 Å². The first kappa shape index (κ1) is 16.8. The fourth-order valence-corrected chi connectivity index (χ4v) is 1.57. The van der Waals surface area contributed by atoms with E-state index in [2.05, 4.69) is 5.32 Å². The lowest BCUT2D eigenvalue weighted by Crippen LogP contribution is -2.47. The lowest BCUT2D eigenvalue weighted by molar-refractivity contribution is -0.144. The Morgan fingerprint density at radius 2 is 1.81 bits per heavy atom. The number of ether oxygens (including phenoxy) is 2. The molecule has 0 saturated heterocycles. The highest BCUT2D eigenvalue weighted by molar-refractivity contribution is 5.83. The molecule has 0 fully saturated rings. The van der Waals surface area contributed by atoms with Crippen LogP contribution in [-0.4, -0.2) is 48.0 Å². The first-order valence-electron chi connectivity index (χ1n) is 6.41. The average molecular weight is 297 g/mol. The SMILES string of the molecule is COc1ccc(OCCC(=O)N[C@H](C(=O)O)[C@@H](C)O)cc1. The predicted molar refractivity (Wildman–Crippen MR) is 74.4 cm³/mol. The van der Waals surface area contributed by atoms with Gasteiger partial charge in [-0.3, -0.25) is 4.79 Å². The summed E-state index contributed by atoms with van der Waals surface area (Å²) < 4.78 is 10.4. The van der Waals surface area contributed by atoms with Gasteiger partial charge in [-0.25, -0.2) is 4.79 Å². The van der Waals surface area contributed by atoms with Crippen molar-refractivity contribution in [1.82, 2.24) is 5.32 Å². The number of hydrogen-bond donors (Lipinski definition) is 3. The average Bonchev–Trinajstić information content (AvgIpc) is 2.45. The summed E-state index contributed by atoms with van der Waals surface area (Å²) in [5, 5.41) is 20.3. The van der Waals surface area contributed by atoms with E-state index in [1.165, 1.54) is 6.92 Å². The molecule has 0 aromatic heterocycles. The summed E-state index contributed by atoms with van der Waals surface area (Å²) in [4.78, 5) is 22.4. The normalized spacial score (nSPS) is 13.1. The van der Waals surface area contributed by atoms with Gasteiger partial charge in [-0.15, -0.1) is 0 Å². The number of carboxylic acid groups (broad SMARTS) is 1. The molecule has 7 heteroatoms. The summed E-state index contributed by atoms with van der Waals surface area (Å²) in [6.07, 6.45) is -1.18. The van der Waals surface area contributed by atoms with Crippen molar-refractivity contribution in [3.63, 3.8) is 0 Å². The number of amides is 1. The van der Waals surface area contributed by atoms with E-state index >= 15 is 0 Å². The number of hydrogen-bond acceptors (Lipinski definition) is 5. The molecule has 116 valence electrons. The molecule has 1 aromatic rings. The Hall–Kier alpha value is -2.28. The zero-order chi connectivity index (χ0) is 15.8. The van der Waals surface area contributed by atoms with Crippen LogP contribution in [0.2, 0.25) is 0 Å². The second-order valence-corrected chi connectivity index (χ2v) is 4.40. The monoisotopic (exact) mass is 297 g/mol. The van der Waals surface area contributed by atoms with Crippen molar-refractivity contribution in [1.29, 1.82) is 0 Å². The Balaban J connectivity index is 2.37. The highest BCUT2D eigenvalue weighted by atomic mass is 16.5. The topological polar surface area (TPSA) is 105 Å². The third-order valence-electron chi connectivity index (χ3n) is 2.72. The first-order valence-corrected chi connectivity index (χ1v) is 6.41. The van der Waals surface area contributed by atoms with Crippen LogP contribution in [0.25, 0.3) is 0 Å². The van der Waals surface area contributed by atoms with Gasteiger partial charge in [0.05, 0.1) is 26.2 Å². The van der Waals surface area contributed by atoms with Gasteiger partial charge < -0.3 is 25.0 Å². The molecule has 0 heterocycles. The van der Waals surface area contributed by atoms with E-state index in [-0.39, 0.29) is 13.0 Å². The van der Waals surface area contributed by atoms with E-state index in [1.807, 2.05) is 0 Å². The van der Waals surface area contributed by atoms with Gasteiger partial charge in [-0.05, 0) is 31.2 Å².